The Labute approximate surface area is 131 Å². The van der Waals surface area contributed by atoms with Crippen molar-refractivity contribution in [2.24, 2.45) is 0 Å². The number of sulfone groups is 2. The summed E-state index contributed by atoms with van der Waals surface area (Å²) in [5, 5.41) is 3.12. The van der Waals surface area contributed by atoms with Gasteiger partial charge in [-0.05, 0) is 31.0 Å². The molecule has 0 spiro atoms. The molecule has 0 aliphatic heterocycles. The molecule has 8 heteroatoms. The van der Waals surface area contributed by atoms with Gasteiger partial charge in [-0.3, -0.25) is 0 Å². The molecule has 0 bridgehead atoms. The van der Waals surface area contributed by atoms with Gasteiger partial charge >= 0.3 is 0 Å². The molecule has 0 heterocycles. The van der Waals surface area contributed by atoms with Crippen LogP contribution >= 0.6 is 11.6 Å². The maximum absolute atomic E-state index is 11.9. The Hall–Kier alpha value is -0.790. The molecule has 1 unspecified atom stereocenters. The lowest BCUT2D eigenvalue weighted by molar-refractivity contribution is 0.599. The molecule has 1 atom stereocenters. The van der Waals surface area contributed by atoms with Gasteiger partial charge in [0.25, 0.3) is 0 Å². The van der Waals surface area contributed by atoms with E-state index in [1.165, 1.54) is 18.2 Å². The molecule has 0 fully saturated rings. The van der Waals surface area contributed by atoms with Crippen molar-refractivity contribution in [2.45, 2.75) is 35.6 Å². The molecular formula is C13H20ClNO4S2. The monoisotopic (exact) mass is 353 g/mol. The third kappa shape index (κ3) is 5.16. The number of hydrogen-bond donors (Lipinski definition) is 1. The Bertz CT molecular complexity index is 699. The van der Waals surface area contributed by atoms with Crippen LogP contribution in [0.1, 0.15) is 19.8 Å². The summed E-state index contributed by atoms with van der Waals surface area (Å²) in [6, 6.07) is 4.12. The molecular weight excluding hydrogens is 334 g/mol. The fourth-order valence-electron chi connectivity index (χ4n) is 1.89. The molecule has 0 saturated carbocycles. The Morgan fingerprint density at radius 3 is 2.19 bits per heavy atom. The minimum atomic E-state index is -3.54. The van der Waals surface area contributed by atoms with E-state index < -0.39 is 19.7 Å². The summed E-state index contributed by atoms with van der Waals surface area (Å²) in [6.07, 6.45) is 3.57. The van der Waals surface area contributed by atoms with Crippen LogP contribution in [0.15, 0.2) is 28.0 Å². The zero-order chi connectivity index (χ0) is 16.3. The molecule has 1 aromatic rings. The zero-order valence-electron chi connectivity index (χ0n) is 12.3. The van der Waals surface area contributed by atoms with Crippen LogP contribution in [0.4, 0.5) is 5.69 Å². The lowest BCUT2D eigenvalue weighted by Gasteiger charge is -2.19. The van der Waals surface area contributed by atoms with Crippen LogP contribution in [0.25, 0.3) is 0 Å². The Morgan fingerprint density at radius 2 is 1.76 bits per heavy atom. The molecule has 1 rings (SSSR count). The van der Waals surface area contributed by atoms with Crippen molar-refractivity contribution >= 4 is 37.0 Å². The second-order valence-corrected chi connectivity index (χ2v) is 9.31. The number of nitrogens with one attached hydrogen (secondary N) is 1. The molecule has 0 aromatic heterocycles. The van der Waals surface area contributed by atoms with Gasteiger partial charge in [0.05, 0.1) is 15.5 Å². The summed E-state index contributed by atoms with van der Waals surface area (Å²) in [4.78, 5) is -0.0303. The topological polar surface area (TPSA) is 80.3 Å². The first-order chi connectivity index (χ1) is 9.59. The van der Waals surface area contributed by atoms with Crippen LogP contribution in [0, 0.1) is 0 Å². The van der Waals surface area contributed by atoms with Crippen molar-refractivity contribution in [3.8, 4) is 0 Å². The highest BCUT2D eigenvalue weighted by molar-refractivity contribution is 7.91. The number of hydrogen-bond acceptors (Lipinski definition) is 5. The van der Waals surface area contributed by atoms with Crippen molar-refractivity contribution in [3.05, 3.63) is 18.2 Å². The van der Waals surface area contributed by atoms with Crippen LogP contribution in [0.3, 0.4) is 0 Å². The quantitative estimate of drug-likeness (QED) is 0.761. The first kappa shape index (κ1) is 18.3. The smallest absolute Gasteiger partial charge is 0.177 e. The summed E-state index contributed by atoms with van der Waals surface area (Å²) in [5.41, 5.74) is 0.405. The number of anilines is 1. The van der Waals surface area contributed by atoms with Gasteiger partial charge in [-0.25, -0.2) is 16.8 Å². The number of alkyl halides is 1. The van der Waals surface area contributed by atoms with E-state index in [1.807, 2.05) is 6.92 Å². The summed E-state index contributed by atoms with van der Waals surface area (Å²) in [6.45, 7) is 1.97. The number of rotatable bonds is 7. The highest BCUT2D eigenvalue weighted by Gasteiger charge is 2.19. The first-order valence-corrected chi connectivity index (χ1v) is 10.8. The molecule has 5 nitrogen and oxygen atoms in total. The van der Waals surface area contributed by atoms with E-state index in [4.69, 9.17) is 11.6 Å². The third-order valence-corrected chi connectivity index (χ3v) is 5.56. The van der Waals surface area contributed by atoms with Crippen LogP contribution in [-0.2, 0) is 19.7 Å². The number of benzene rings is 1. The fraction of sp³-hybridized carbons (Fsp3) is 0.538. The summed E-state index contributed by atoms with van der Waals surface area (Å²) >= 11 is 5.72. The van der Waals surface area contributed by atoms with Gasteiger partial charge in [0.1, 0.15) is 0 Å². The highest BCUT2D eigenvalue weighted by atomic mass is 35.5. The van der Waals surface area contributed by atoms with E-state index in [0.29, 0.717) is 18.0 Å². The molecule has 1 N–H and O–H groups in total. The van der Waals surface area contributed by atoms with E-state index in [2.05, 4.69) is 5.32 Å². The Balaban J connectivity index is 3.33. The van der Waals surface area contributed by atoms with Crippen LogP contribution in [-0.4, -0.2) is 41.3 Å². The minimum Gasteiger partial charge on any atom is -0.381 e. The van der Waals surface area contributed by atoms with Gasteiger partial charge in [-0.2, -0.15) is 0 Å². The second-order valence-electron chi connectivity index (χ2n) is 4.93. The van der Waals surface area contributed by atoms with Crippen molar-refractivity contribution in [3.63, 3.8) is 0 Å². The zero-order valence-corrected chi connectivity index (χ0v) is 14.6. The van der Waals surface area contributed by atoms with Gasteiger partial charge in [-0.15, -0.1) is 11.6 Å². The van der Waals surface area contributed by atoms with Crippen molar-refractivity contribution in [2.75, 3.05) is 23.7 Å². The van der Waals surface area contributed by atoms with Gasteiger partial charge < -0.3 is 5.32 Å². The maximum Gasteiger partial charge on any atom is 0.177 e. The van der Waals surface area contributed by atoms with E-state index in [1.54, 1.807) is 0 Å². The number of halogens is 1. The van der Waals surface area contributed by atoms with Gasteiger partial charge in [0.2, 0.25) is 0 Å². The normalized spacial score (nSPS) is 13.9. The molecule has 21 heavy (non-hydrogen) atoms. The average molecular weight is 354 g/mol. The maximum atomic E-state index is 11.9. The summed E-state index contributed by atoms with van der Waals surface area (Å²) in [7, 11) is -7.00. The summed E-state index contributed by atoms with van der Waals surface area (Å²) < 4.78 is 46.9. The molecule has 0 saturated heterocycles. The Kier molecular flexibility index (Phi) is 6.07. The minimum absolute atomic E-state index is 0.0149. The lowest BCUT2D eigenvalue weighted by Crippen LogP contribution is -2.20. The van der Waals surface area contributed by atoms with Gasteiger partial charge in [-0.1, -0.05) is 6.92 Å². The highest BCUT2D eigenvalue weighted by Crippen LogP contribution is 2.26. The van der Waals surface area contributed by atoms with Crippen LogP contribution in [0.2, 0.25) is 0 Å². The van der Waals surface area contributed by atoms with E-state index >= 15 is 0 Å². The molecule has 0 aliphatic carbocycles. The average Bonchev–Trinajstić information content (AvgIpc) is 2.36. The van der Waals surface area contributed by atoms with Gasteiger partial charge in [0.15, 0.2) is 19.7 Å². The van der Waals surface area contributed by atoms with Crippen LogP contribution in [0.5, 0.6) is 0 Å². The van der Waals surface area contributed by atoms with E-state index in [-0.39, 0.29) is 15.8 Å². The van der Waals surface area contributed by atoms with E-state index in [9.17, 15) is 16.8 Å². The van der Waals surface area contributed by atoms with Crippen molar-refractivity contribution in [1.29, 1.82) is 0 Å². The first-order valence-electron chi connectivity index (χ1n) is 6.46. The molecule has 0 aliphatic rings. The predicted molar refractivity (Wildman–Crippen MR) is 85.7 cm³/mol. The van der Waals surface area contributed by atoms with E-state index in [0.717, 1.165) is 18.9 Å². The van der Waals surface area contributed by atoms with Crippen LogP contribution < -0.4 is 5.32 Å². The standard InChI is InChI=1S/C13H20ClNO4S2/c1-4-10(7-8-14)15-12-6-5-11(20(2,16)17)9-13(12)21(3,18)19/h5-6,9-10,15H,4,7-8H2,1-3H3. The third-order valence-electron chi connectivity index (χ3n) is 3.09. The largest absolute Gasteiger partial charge is 0.381 e. The SMILES string of the molecule is CCC(CCCl)Nc1ccc(S(C)(=O)=O)cc1S(C)(=O)=O. The predicted octanol–water partition coefficient (Wildman–Crippen LogP) is 2.31. The molecule has 0 amide bonds. The van der Waals surface area contributed by atoms with Crippen molar-refractivity contribution < 1.29 is 16.8 Å². The van der Waals surface area contributed by atoms with Gasteiger partial charge in [0, 0.05) is 24.4 Å². The summed E-state index contributed by atoms with van der Waals surface area (Å²) in [5.74, 6) is 0.459. The second kappa shape index (κ2) is 6.98. The molecule has 120 valence electrons. The molecule has 1 aromatic carbocycles. The van der Waals surface area contributed by atoms with Crippen molar-refractivity contribution in [1.82, 2.24) is 0 Å². The molecule has 0 radical (unpaired) electrons. The lowest BCUT2D eigenvalue weighted by atomic mass is 10.1. The fourth-order valence-corrected chi connectivity index (χ4v) is 3.74. The Morgan fingerprint density at radius 1 is 1.14 bits per heavy atom.